The molecule has 0 aliphatic carbocycles. The van der Waals surface area contributed by atoms with Gasteiger partial charge in [-0.25, -0.2) is 0 Å². The molecule has 4 nitrogen and oxygen atoms in total. The van der Waals surface area contributed by atoms with Gasteiger partial charge in [0, 0.05) is 36.1 Å². The van der Waals surface area contributed by atoms with Crippen LogP contribution >= 0.6 is 47.2 Å². The van der Waals surface area contributed by atoms with Crippen LogP contribution in [-0.4, -0.2) is 24.7 Å². The third-order valence-electron chi connectivity index (χ3n) is 5.95. The highest BCUT2D eigenvalue weighted by Crippen LogP contribution is 2.36. The third-order valence-corrected chi connectivity index (χ3v) is 8.07. The average Bonchev–Trinajstić information content (AvgIpc) is 3.34. The number of carbonyl (C=O) groups is 1. The Labute approximate surface area is 223 Å². The van der Waals surface area contributed by atoms with Gasteiger partial charge in [0.05, 0.1) is 27.0 Å². The molecule has 0 spiro atoms. The molecular formula is C27H21Cl2N3OS2. The van der Waals surface area contributed by atoms with Gasteiger partial charge in [-0.1, -0.05) is 84.4 Å². The molecule has 0 saturated carbocycles. The molecule has 2 aromatic carbocycles. The van der Waals surface area contributed by atoms with E-state index >= 15 is 0 Å². The van der Waals surface area contributed by atoms with Crippen LogP contribution in [0.25, 0.3) is 17.0 Å². The van der Waals surface area contributed by atoms with E-state index in [-0.39, 0.29) is 5.91 Å². The van der Waals surface area contributed by atoms with Crippen LogP contribution in [0.15, 0.2) is 72.0 Å². The van der Waals surface area contributed by atoms with Gasteiger partial charge in [-0.3, -0.25) is 14.7 Å². The number of hydrogen-bond acceptors (Lipinski definition) is 4. The summed E-state index contributed by atoms with van der Waals surface area (Å²) in [5.74, 6) is -0.0825. The van der Waals surface area contributed by atoms with Gasteiger partial charge < -0.3 is 4.57 Å². The van der Waals surface area contributed by atoms with Crippen molar-refractivity contribution < 1.29 is 4.79 Å². The van der Waals surface area contributed by atoms with Crippen LogP contribution in [0.1, 0.15) is 29.2 Å². The van der Waals surface area contributed by atoms with Crippen LogP contribution < -0.4 is 0 Å². The molecule has 4 aromatic rings. The van der Waals surface area contributed by atoms with Crippen molar-refractivity contribution >= 4 is 74.4 Å². The summed E-state index contributed by atoms with van der Waals surface area (Å²) in [6.45, 7) is 3.20. The van der Waals surface area contributed by atoms with Crippen LogP contribution in [0.5, 0.6) is 0 Å². The van der Waals surface area contributed by atoms with Crippen LogP contribution in [0, 0.1) is 0 Å². The maximum absolute atomic E-state index is 13.2. The molecular weight excluding hydrogens is 517 g/mol. The van der Waals surface area contributed by atoms with Crippen molar-refractivity contribution in [3.63, 3.8) is 0 Å². The van der Waals surface area contributed by atoms with Gasteiger partial charge in [-0.2, -0.15) is 0 Å². The maximum atomic E-state index is 13.2. The lowest BCUT2D eigenvalue weighted by Crippen LogP contribution is -2.27. The Morgan fingerprint density at radius 2 is 1.91 bits per heavy atom. The summed E-state index contributed by atoms with van der Waals surface area (Å²) in [4.78, 5) is 19.6. The highest BCUT2D eigenvalue weighted by atomic mass is 35.5. The fourth-order valence-corrected chi connectivity index (χ4v) is 5.84. The maximum Gasteiger partial charge on any atom is 0.266 e. The molecule has 0 N–H and O–H groups in total. The molecule has 0 unspecified atom stereocenters. The van der Waals surface area contributed by atoms with E-state index in [2.05, 4.69) is 40.9 Å². The van der Waals surface area contributed by atoms with E-state index in [1.807, 2.05) is 36.4 Å². The second kappa shape index (κ2) is 10.2. The smallest absolute Gasteiger partial charge is 0.266 e. The predicted molar refractivity (Wildman–Crippen MR) is 150 cm³/mol. The lowest BCUT2D eigenvalue weighted by atomic mass is 10.1. The quantitative estimate of drug-likeness (QED) is 0.190. The average molecular weight is 539 g/mol. The number of para-hydroxylation sites is 1. The summed E-state index contributed by atoms with van der Waals surface area (Å²) in [5, 5.41) is 2.17. The molecule has 3 heterocycles. The number of thiocarbonyl (C=S) groups is 1. The number of amides is 1. The minimum atomic E-state index is -0.0825. The number of aromatic nitrogens is 2. The van der Waals surface area contributed by atoms with Crippen LogP contribution in [0.4, 0.5) is 0 Å². The lowest BCUT2D eigenvalue weighted by Gasteiger charge is -2.13. The Balaban J connectivity index is 1.52. The van der Waals surface area contributed by atoms with Crippen molar-refractivity contribution in [3.05, 3.63) is 104 Å². The standard InChI is InChI=1S/C27H21Cl2N3OS2/c1-2-19-6-3-7-21-20(16-31(25(19)21)14-17-8-9-22(28)23(29)11-17)12-24-26(33)32(27(34)35-24)15-18-5-4-10-30-13-18/h3-13,16H,2,14-15H2,1H3/b24-12-. The van der Waals surface area contributed by atoms with Crippen LogP contribution in [0.2, 0.25) is 10.0 Å². The van der Waals surface area contributed by atoms with E-state index < -0.39 is 0 Å². The predicted octanol–water partition coefficient (Wildman–Crippen LogP) is 7.36. The molecule has 1 aliphatic heterocycles. The number of nitrogens with zero attached hydrogens (tertiary/aromatic N) is 3. The summed E-state index contributed by atoms with van der Waals surface area (Å²) in [6.07, 6.45) is 8.42. The monoisotopic (exact) mass is 537 g/mol. The van der Waals surface area contributed by atoms with Crippen molar-refractivity contribution in [2.45, 2.75) is 26.4 Å². The number of aryl methyl sites for hydroxylation is 1. The molecule has 1 saturated heterocycles. The van der Waals surface area contributed by atoms with Crippen LogP contribution in [0.3, 0.4) is 0 Å². The van der Waals surface area contributed by atoms with Crippen molar-refractivity contribution in [1.29, 1.82) is 0 Å². The Hall–Kier alpha value is -2.64. The fraction of sp³-hybridized carbons (Fsp3) is 0.148. The van der Waals surface area contributed by atoms with Gasteiger partial charge in [0.25, 0.3) is 5.91 Å². The molecule has 8 heteroatoms. The van der Waals surface area contributed by atoms with Gasteiger partial charge in [0.1, 0.15) is 4.32 Å². The Kier molecular flexibility index (Phi) is 6.98. The normalized spacial score (nSPS) is 15.1. The fourth-order valence-electron chi connectivity index (χ4n) is 4.28. The Morgan fingerprint density at radius 1 is 1.06 bits per heavy atom. The second-order valence-corrected chi connectivity index (χ2v) is 10.7. The minimum absolute atomic E-state index is 0.0825. The molecule has 2 aromatic heterocycles. The molecule has 1 fully saturated rings. The number of carbonyl (C=O) groups excluding carboxylic acids is 1. The van der Waals surface area contributed by atoms with Gasteiger partial charge in [0.2, 0.25) is 0 Å². The third kappa shape index (κ3) is 4.89. The summed E-state index contributed by atoms with van der Waals surface area (Å²) in [6, 6.07) is 15.8. The summed E-state index contributed by atoms with van der Waals surface area (Å²) in [7, 11) is 0. The van der Waals surface area contributed by atoms with Crippen molar-refractivity contribution in [2.75, 3.05) is 0 Å². The first-order valence-electron chi connectivity index (χ1n) is 11.1. The first-order chi connectivity index (χ1) is 16.9. The first kappa shape index (κ1) is 24.1. The van der Waals surface area contributed by atoms with E-state index in [0.717, 1.165) is 34.0 Å². The Morgan fingerprint density at radius 3 is 2.66 bits per heavy atom. The number of halogens is 2. The van der Waals surface area contributed by atoms with E-state index in [9.17, 15) is 4.79 Å². The molecule has 1 amide bonds. The molecule has 1 aliphatic rings. The molecule has 5 rings (SSSR count). The molecule has 0 radical (unpaired) electrons. The molecule has 0 atom stereocenters. The SMILES string of the molecule is CCc1cccc2c(/C=C3\SC(=S)N(Cc4cccnc4)C3=O)cn(Cc3ccc(Cl)c(Cl)c3)c12. The summed E-state index contributed by atoms with van der Waals surface area (Å²) < 4.78 is 2.77. The van der Waals surface area contributed by atoms with E-state index in [4.69, 9.17) is 35.4 Å². The second-order valence-electron chi connectivity index (χ2n) is 8.26. The van der Waals surface area contributed by atoms with Gasteiger partial charge in [0.15, 0.2) is 0 Å². The molecule has 176 valence electrons. The molecule has 0 bridgehead atoms. The molecule has 35 heavy (non-hydrogen) atoms. The van der Waals surface area contributed by atoms with Gasteiger partial charge in [-0.05, 0) is 47.4 Å². The van der Waals surface area contributed by atoms with Gasteiger partial charge in [-0.15, -0.1) is 0 Å². The largest absolute Gasteiger partial charge is 0.342 e. The highest BCUT2D eigenvalue weighted by molar-refractivity contribution is 8.26. The van der Waals surface area contributed by atoms with Gasteiger partial charge >= 0.3 is 0 Å². The summed E-state index contributed by atoms with van der Waals surface area (Å²) >= 11 is 19.3. The first-order valence-corrected chi connectivity index (χ1v) is 13.1. The van der Waals surface area contributed by atoms with Crippen molar-refractivity contribution in [2.24, 2.45) is 0 Å². The highest BCUT2D eigenvalue weighted by Gasteiger charge is 2.32. The zero-order valence-corrected chi connectivity index (χ0v) is 22.0. The zero-order chi connectivity index (χ0) is 24.5. The number of rotatable bonds is 6. The van der Waals surface area contributed by atoms with Crippen LogP contribution in [-0.2, 0) is 24.3 Å². The lowest BCUT2D eigenvalue weighted by molar-refractivity contribution is -0.122. The minimum Gasteiger partial charge on any atom is -0.342 e. The van der Waals surface area contributed by atoms with E-state index in [1.54, 1.807) is 17.3 Å². The zero-order valence-electron chi connectivity index (χ0n) is 18.9. The number of fused-ring (bicyclic) bond motifs is 1. The number of benzene rings is 2. The van der Waals surface area contributed by atoms with E-state index in [0.29, 0.717) is 32.4 Å². The Bertz CT molecular complexity index is 1480. The topological polar surface area (TPSA) is 38.1 Å². The van der Waals surface area contributed by atoms with Crippen molar-refractivity contribution in [1.82, 2.24) is 14.5 Å². The summed E-state index contributed by atoms with van der Waals surface area (Å²) in [5.41, 5.74) is 5.37. The number of hydrogen-bond donors (Lipinski definition) is 0. The van der Waals surface area contributed by atoms with Crippen molar-refractivity contribution in [3.8, 4) is 0 Å². The van der Waals surface area contributed by atoms with E-state index in [1.165, 1.54) is 17.3 Å². The number of thioether (sulfide) groups is 1. The number of pyridine rings is 1.